The van der Waals surface area contributed by atoms with Crippen LogP contribution < -0.4 is 11.5 Å². The fourth-order valence-electron chi connectivity index (χ4n) is 3.73. The predicted molar refractivity (Wildman–Crippen MR) is 111 cm³/mol. The summed E-state index contributed by atoms with van der Waals surface area (Å²) in [6, 6.07) is 5.73. The molecule has 0 unspecified atom stereocenters. The van der Waals surface area contributed by atoms with Crippen LogP contribution in [-0.4, -0.2) is 27.9 Å². The topological polar surface area (TPSA) is 98.4 Å². The molecule has 146 valence electrons. The van der Waals surface area contributed by atoms with Gasteiger partial charge in [-0.25, -0.2) is 4.98 Å². The maximum absolute atomic E-state index is 12.7. The molecular formula is C21H23ClN4O2. The summed E-state index contributed by atoms with van der Waals surface area (Å²) in [7, 11) is 0. The lowest BCUT2D eigenvalue weighted by Crippen LogP contribution is -2.52. The van der Waals surface area contributed by atoms with Crippen molar-refractivity contribution in [3.8, 4) is 11.1 Å². The van der Waals surface area contributed by atoms with Crippen LogP contribution in [0.15, 0.2) is 28.8 Å². The maximum atomic E-state index is 12.7. The summed E-state index contributed by atoms with van der Waals surface area (Å²) in [5.41, 5.74) is 15.3. The van der Waals surface area contributed by atoms with Crippen LogP contribution in [0.25, 0.3) is 22.1 Å². The third-order valence-electron chi connectivity index (χ3n) is 5.16. The molecule has 7 heteroatoms. The fourth-order valence-corrected chi connectivity index (χ4v) is 3.92. The molecule has 0 atom stereocenters. The minimum atomic E-state index is -0.922. The number of halogens is 1. The predicted octanol–water partition coefficient (Wildman–Crippen LogP) is 3.66. The first-order valence-electron chi connectivity index (χ1n) is 9.20. The molecule has 1 aliphatic heterocycles. The average molecular weight is 399 g/mol. The Morgan fingerprint density at radius 3 is 2.75 bits per heavy atom. The molecule has 0 saturated heterocycles. The summed E-state index contributed by atoms with van der Waals surface area (Å²) in [6.45, 7) is 6.41. The van der Waals surface area contributed by atoms with Gasteiger partial charge in [0.05, 0.1) is 10.6 Å². The van der Waals surface area contributed by atoms with E-state index in [1.54, 1.807) is 31.0 Å². The van der Waals surface area contributed by atoms with Crippen molar-refractivity contribution in [2.45, 2.75) is 39.3 Å². The number of benzene rings is 1. The number of nitrogens with zero attached hydrogens (tertiary/aromatic N) is 2. The summed E-state index contributed by atoms with van der Waals surface area (Å²) in [6.07, 6.45) is 2.37. The van der Waals surface area contributed by atoms with Gasteiger partial charge in [-0.3, -0.25) is 4.79 Å². The second-order valence-corrected chi connectivity index (χ2v) is 8.31. The first-order chi connectivity index (χ1) is 13.2. The van der Waals surface area contributed by atoms with Crippen molar-refractivity contribution in [1.29, 1.82) is 0 Å². The van der Waals surface area contributed by atoms with Crippen LogP contribution >= 0.6 is 11.6 Å². The maximum Gasteiger partial charge on any atom is 0.242 e. The van der Waals surface area contributed by atoms with E-state index in [-0.39, 0.29) is 5.91 Å². The van der Waals surface area contributed by atoms with E-state index in [2.05, 4.69) is 4.98 Å². The van der Waals surface area contributed by atoms with Crippen molar-refractivity contribution >= 4 is 34.3 Å². The molecule has 6 nitrogen and oxygen atoms in total. The highest BCUT2D eigenvalue weighted by atomic mass is 35.5. The molecule has 3 aromatic rings. The average Bonchev–Trinajstić information content (AvgIpc) is 3.03. The van der Waals surface area contributed by atoms with Crippen molar-refractivity contribution < 1.29 is 9.21 Å². The summed E-state index contributed by atoms with van der Waals surface area (Å²) < 4.78 is 6.16. The van der Waals surface area contributed by atoms with E-state index >= 15 is 0 Å². The number of nitrogen functional groups attached to an aromatic ring is 1. The molecule has 0 spiro atoms. The Morgan fingerprint density at radius 2 is 2.11 bits per heavy atom. The second kappa shape index (κ2) is 6.50. The van der Waals surface area contributed by atoms with Crippen molar-refractivity contribution in [3.63, 3.8) is 0 Å². The van der Waals surface area contributed by atoms with E-state index in [1.165, 1.54) is 0 Å². The van der Waals surface area contributed by atoms with Gasteiger partial charge in [0.25, 0.3) is 0 Å². The van der Waals surface area contributed by atoms with Gasteiger partial charge in [0.2, 0.25) is 5.91 Å². The molecule has 1 aliphatic rings. The highest BCUT2D eigenvalue weighted by Gasteiger charge is 2.33. The van der Waals surface area contributed by atoms with Crippen LogP contribution in [0.1, 0.15) is 30.7 Å². The second-order valence-electron chi connectivity index (χ2n) is 7.93. The van der Waals surface area contributed by atoms with Crippen LogP contribution in [0.4, 0.5) is 5.82 Å². The van der Waals surface area contributed by atoms with Gasteiger partial charge < -0.3 is 20.8 Å². The number of aromatic nitrogens is 1. The first-order valence-corrected chi connectivity index (χ1v) is 9.58. The summed E-state index contributed by atoms with van der Waals surface area (Å²) in [5.74, 6) is 1.24. The summed E-state index contributed by atoms with van der Waals surface area (Å²) in [4.78, 5) is 18.7. The molecule has 0 aliphatic carbocycles. The van der Waals surface area contributed by atoms with Crippen molar-refractivity contribution in [2.24, 2.45) is 5.73 Å². The molecule has 28 heavy (non-hydrogen) atoms. The van der Waals surface area contributed by atoms with E-state index in [0.29, 0.717) is 35.9 Å². The minimum Gasteiger partial charge on any atom is -0.459 e. The Labute approximate surface area is 168 Å². The van der Waals surface area contributed by atoms with Gasteiger partial charge in [-0.15, -0.1) is 0 Å². The molecule has 4 N–H and O–H groups in total. The zero-order valence-corrected chi connectivity index (χ0v) is 16.9. The number of amides is 1. The van der Waals surface area contributed by atoms with Gasteiger partial charge in [-0.2, -0.15) is 0 Å². The van der Waals surface area contributed by atoms with E-state index < -0.39 is 5.54 Å². The summed E-state index contributed by atoms with van der Waals surface area (Å²) in [5, 5.41) is 1.51. The lowest BCUT2D eigenvalue weighted by molar-refractivity contribution is -0.136. The number of furan rings is 1. The molecule has 2 aromatic heterocycles. The number of carbonyl (C=O) groups excluding carboxylic acids is 1. The van der Waals surface area contributed by atoms with Gasteiger partial charge in [-0.05, 0) is 50.1 Å². The molecule has 1 amide bonds. The molecule has 0 saturated carbocycles. The minimum absolute atomic E-state index is 0.0820. The standard InChI is InChI=1S/C21H23ClN4O2/c1-11-8-13(12-4-5-16(23)25-9-12)17-14-10-26(20(27)21(2,3)24)7-6-15(14)28-19(17)18(11)22/h4-5,8-9H,6-7,10,24H2,1-3H3,(H2,23,25). The Balaban J connectivity index is 1.91. The number of fused-ring (bicyclic) bond motifs is 3. The smallest absolute Gasteiger partial charge is 0.242 e. The molecule has 3 heterocycles. The quantitative estimate of drug-likeness (QED) is 0.686. The lowest BCUT2D eigenvalue weighted by Gasteiger charge is -2.32. The molecule has 0 bridgehead atoms. The Hall–Kier alpha value is -2.57. The van der Waals surface area contributed by atoms with Gasteiger partial charge in [0.1, 0.15) is 11.6 Å². The normalized spacial score (nSPS) is 14.4. The number of pyridine rings is 1. The zero-order chi connectivity index (χ0) is 20.2. The Kier molecular flexibility index (Phi) is 4.36. The third kappa shape index (κ3) is 3.02. The van der Waals surface area contributed by atoms with Crippen LogP contribution in [0, 0.1) is 6.92 Å². The Bertz CT molecular complexity index is 1080. The number of hydrogen-bond acceptors (Lipinski definition) is 5. The molecule has 0 fully saturated rings. The van der Waals surface area contributed by atoms with Crippen LogP contribution in [0.5, 0.6) is 0 Å². The number of hydrogen-bond donors (Lipinski definition) is 2. The highest BCUT2D eigenvalue weighted by Crippen LogP contribution is 2.42. The fraction of sp³-hybridized carbons (Fsp3) is 0.333. The van der Waals surface area contributed by atoms with Gasteiger partial charge >= 0.3 is 0 Å². The van der Waals surface area contributed by atoms with E-state index in [4.69, 9.17) is 27.5 Å². The largest absolute Gasteiger partial charge is 0.459 e. The van der Waals surface area contributed by atoms with E-state index in [9.17, 15) is 4.79 Å². The number of nitrogens with two attached hydrogens (primary N) is 2. The van der Waals surface area contributed by atoms with Crippen molar-refractivity contribution in [2.75, 3.05) is 12.3 Å². The lowest BCUT2D eigenvalue weighted by atomic mass is 9.94. The molecule has 1 aromatic carbocycles. The van der Waals surface area contributed by atoms with Crippen LogP contribution in [0.3, 0.4) is 0 Å². The van der Waals surface area contributed by atoms with Gasteiger partial charge in [0.15, 0.2) is 5.58 Å². The zero-order valence-electron chi connectivity index (χ0n) is 16.2. The van der Waals surface area contributed by atoms with Gasteiger partial charge in [-0.1, -0.05) is 11.6 Å². The molecule has 4 rings (SSSR count). The number of aryl methyl sites for hydroxylation is 1. The molecular weight excluding hydrogens is 376 g/mol. The number of carbonyl (C=O) groups is 1. The SMILES string of the molecule is Cc1cc(-c2ccc(N)nc2)c2c3c(oc2c1Cl)CCN(C(=O)C(C)(C)N)C3. The van der Waals surface area contributed by atoms with E-state index in [1.807, 2.05) is 19.1 Å². The number of rotatable bonds is 2. The summed E-state index contributed by atoms with van der Waals surface area (Å²) >= 11 is 6.57. The molecule has 0 radical (unpaired) electrons. The number of anilines is 1. The van der Waals surface area contributed by atoms with Crippen molar-refractivity contribution in [3.05, 3.63) is 46.3 Å². The highest BCUT2D eigenvalue weighted by molar-refractivity contribution is 6.36. The van der Waals surface area contributed by atoms with Gasteiger partial charge in [0, 0.05) is 42.2 Å². The monoisotopic (exact) mass is 398 g/mol. The first kappa shape index (κ1) is 18.8. The van der Waals surface area contributed by atoms with E-state index in [0.717, 1.165) is 33.4 Å². The van der Waals surface area contributed by atoms with Crippen molar-refractivity contribution in [1.82, 2.24) is 9.88 Å². The van der Waals surface area contributed by atoms with Crippen LogP contribution in [-0.2, 0) is 17.8 Å². The Morgan fingerprint density at radius 1 is 1.36 bits per heavy atom. The third-order valence-corrected chi connectivity index (χ3v) is 5.63. The van der Waals surface area contributed by atoms with Crippen LogP contribution in [0.2, 0.25) is 5.02 Å².